The molecule has 0 aliphatic carbocycles. The number of rotatable bonds is 30. The van der Waals surface area contributed by atoms with Gasteiger partial charge in [0.15, 0.2) is 0 Å². The average molecular weight is 544 g/mol. The van der Waals surface area contributed by atoms with Crippen LogP contribution in [-0.2, 0) is 23.8 Å². The molecule has 0 unspecified atom stereocenters. The lowest BCUT2D eigenvalue weighted by atomic mass is 10.1. The smallest absolute Gasteiger partial charge is 0.306 e. The van der Waals surface area contributed by atoms with E-state index < -0.39 is 6.10 Å². The Morgan fingerprint density at radius 2 is 1.18 bits per heavy atom. The zero-order valence-electron chi connectivity index (χ0n) is 25.0. The van der Waals surface area contributed by atoms with Gasteiger partial charge in [0.1, 0.15) is 12.9 Å². The number of aliphatic hydroxyl groups excluding tert-OH is 1. The molecule has 226 valence electrons. The number of nitrogens with one attached hydrogen (secondary N) is 1. The number of carbonyl (C=O) groups excluding carboxylic acids is 2. The highest BCUT2D eigenvalue weighted by Gasteiger charge is 2.13. The molecule has 0 aliphatic rings. The summed E-state index contributed by atoms with van der Waals surface area (Å²) in [5, 5.41) is 12.3. The zero-order valence-corrected chi connectivity index (χ0v) is 25.0. The van der Waals surface area contributed by atoms with Crippen molar-refractivity contribution in [2.24, 2.45) is 0 Å². The Bertz CT molecular complexity index is 517. The Kier molecular flexibility index (Phi) is 29.4. The van der Waals surface area contributed by atoms with E-state index in [4.69, 9.17) is 14.2 Å². The molecule has 7 heteroatoms. The van der Waals surface area contributed by atoms with Crippen LogP contribution in [0, 0.1) is 0 Å². The molecule has 0 saturated heterocycles. The van der Waals surface area contributed by atoms with Crippen molar-refractivity contribution in [1.82, 2.24) is 5.32 Å². The van der Waals surface area contributed by atoms with Crippen LogP contribution in [0.3, 0.4) is 0 Å². The van der Waals surface area contributed by atoms with Gasteiger partial charge < -0.3 is 24.6 Å². The summed E-state index contributed by atoms with van der Waals surface area (Å²) in [4.78, 5) is 22.8. The molecule has 1 amide bonds. The van der Waals surface area contributed by atoms with Crippen LogP contribution in [0.15, 0.2) is 0 Å². The number of unbranched alkanes of at least 4 members (excludes halogenated alkanes) is 18. The maximum atomic E-state index is 12.0. The fourth-order valence-electron chi connectivity index (χ4n) is 4.43. The van der Waals surface area contributed by atoms with E-state index in [0.717, 1.165) is 38.6 Å². The average Bonchev–Trinajstić information content (AvgIpc) is 2.90. The predicted molar refractivity (Wildman–Crippen MR) is 155 cm³/mol. The van der Waals surface area contributed by atoms with Gasteiger partial charge in [0.25, 0.3) is 0 Å². The fraction of sp³-hybridized carbons (Fsp3) is 0.935. The Hall–Kier alpha value is -1.18. The lowest BCUT2D eigenvalue weighted by Gasteiger charge is -2.16. The summed E-state index contributed by atoms with van der Waals surface area (Å²) >= 11 is 0. The summed E-state index contributed by atoms with van der Waals surface area (Å²) in [5.74, 6) is -0.199. The van der Waals surface area contributed by atoms with E-state index in [1.54, 1.807) is 6.92 Å². The van der Waals surface area contributed by atoms with Gasteiger partial charge in [-0.25, -0.2) is 0 Å². The maximum absolute atomic E-state index is 12.0. The number of carbonyl (C=O) groups is 2. The molecule has 0 aromatic heterocycles. The Morgan fingerprint density at radius 3 is 1.71 bits per heavy atom. The van der Waals surface area contributed by atoms with Crippen LogP contribution in [0.2, 0.25) is 0 Å². The van der Waals surface area contributed by atoms with Gasteiger partial charge in [-0.05, 0) is 19.3 Å². The SMILES string of the molecule is CCCCCCCCCCCCCC(=O)O[C@H](CO)COCOCCCCCCCCCCCNC(C)=O. The first-order chi connectivity index (χ1) is 18.6. The largest absolute Gasteiger partial charge is 0.457 e. The number of amides is 1. The minimum atomic E-state index is -0.621. The maximum Gasteiger partial charge on any atom is 0.306 e. The molecule has 0 heterocycles. The first-order valence-electron chi connectivity index (χ1n) is 15.8. The zero-order chi connectivity index (χ0) is 27.9. The molecule has 0 aliphatic heterocycles. The first-order valence-corrected chi connectivity index (χ1v) is 15.8. The molecule has 0 fully saturated rings. The number of aliphatic hydroxyl groups is 1. The molecule has 7 nitrogen and oxygen atoms in total. The van der Waals surface area contributed by atoms with Crippen LogP contribution in [0.5, 0.6) is 0 Å². The van der Waals surface area contributed by atoms with Crippen molar-refractivity contribution in [1.29, 1.82) is 0 Å². The molecule has 0 spiro atoms. The van der Waals surface area contributed by atoms with Gasteiger partial charge in [-0.15, -0.1) is 0 Å². The lowest BCUT2D eigenvalue weighted by molar-refractivity contribution is -0.159. The summed E-state index contributed by atoms with van der Waals surface area (Å²) in [6.07, 6.45) is 24.2. The van der Waals surface area contributed by atoms with Crippen LogP contribution >= 0.6 is 0 Å². The van der Waals surface area contributed by atoms with Gasteiger partial charge in [0, 0.05) is 26.5 Å². The van der Waals surface area contributed by atoms with E-state index in [1.165, 1.54) is 96.3 Å². The molecular formula is C31H61NO6. The highest BCUT2D eigenvalue weighted by Crippen LogP contribution is 2.13. The van der Waals surface area contributed by atoms with Gasteiger partial charge in [-0.2, -0.15) is 0 Å². The number of esters is 1. The van der Waals surface area contributed by atoms with E-state index in [1.807, 2.05) is 0 Å². The second-order valence-electron chi connectivity index (χ2n) is 10.6. The topological polar surface area (TPSA) is 94.1 Å². The molecule has 0 aromatic carbocycles. The van der Waals surface area contributed by atoms with Crippen molar-refractivity contribution < 1.29 is 28.9 Å². The molecular weight excluding hydrogens is 482 g/mol. The number of hydrogen-bond acceptors (Lipinski definition) is 6. The van der Waals surface area contributed by atoms with E-state index in [-0.39, 0.29) is 31.9 Å². The molecule has 0 bridgehead atoms. The van der Waals surface area contributed by atoms with Gasteiger partial charge in [-0.3, -0.25) is 9.59 Å². The normalized spacial score (nSPS) is 12.0. The second kappa shape index (κ2) is 30.4. The molecule has 0 radical (unpaired) electrons. The quantitative estimate of drug-likeness (QED) is 0.0564. The van der Waals surface area contributed by atoms with Crippen molar-refractivity contribution in [3.05, 3.63) is 0 Å². The molecule has 1 atom stereocenters. The Morgan fingerprint density at radius 1 is 0.684 bits per heavy atom. The predicted octanol–water partition coefficient (Wildman–Crippen LogP) is 7.23. The monoisotopic (exact) mass is 543 g/mol. The number of ether oxygens (including phenoxy) is 3. The minimum Gasteiger partial charge on any atom is -0.457 e. The molecule has 2 N–H and O–H groups in total. The van der Waals surface area contributed by atoms with Crippen molar-refractivity contribution in [3.8, 4) is 0 Å². The number of hydrogen-bond donors (Lipinski definition) is 2. The molecule has 0 aromatic rings. The molecule has 0 saturated carbocycles. The Balaban J connectivity index is 3.40. The van der Waals surface area contributed by atoms with Gasteiger partial charge >= 0.3 is 5.97 Å². The van der Waals surface area contributed by atoms with E-state index in [9.17, 15) is 14.7 Å². The summed E-state index contributed by atoms with van der Waals surface area (Å²) in [6.45, 7) is 5.34. The van der Waals surface area contributed by atoms with E-state index in [2.05, 4.69) is 12.2 Å². The second-order valence-corrected chi connectivity index (χ2v) is 10.6. The molecule has 38 heavy (non-hydrogen) atoms. The lowest BCUT2D eigenvalue weighted by Crippen LogP contribution is -2.27. The van der Waals surface area contributed by atoms with E-state index >= 15 is 0 Å². The van der Waals surface area contributed by atoms with Crippen LogP contribution in [0.1, 0.15) is 149 Å². The van der Waals surface area contributed by atoms with Crippen LogP contribution in [0.25, 0.3) is 0 Å². The van der Waals surface area contributed by atoms with Crippen molar-refractivity contribution in [2.75, 3.05) is 33.2 Å². The summed E-state index contributed by atoms with van der Waals surface area (Å²) in [5.41, 5.74) is 0. The van der Waals surface area contributed by atoms with E-state index in [0.29, 0.717) is 13.0 Å². The third-order valence-corrected chi connectivity index (χ3v) is 6.80. The van der Waals surface area contributed by atoms with Crippen LogP contribution in [-0.4, -0.2) is 56.2 Å². The third kappa shape index (κ3) is 29.4. The van der Waals surface area contributed by atoms with Crippen LogP contribution in [0.4, 0.5) is 0 Å². The van der Waals surface area contributed by atoms with Gasteiger partial charge in [0.2, 0.25) is 5.91 Å². The van der Waals surface area contributed by atoms with Gasteiger partial charge in [-0.1, -0.05) is 116 Å². The van der Waals surface area contributed by atoms with Crippen molar-refractivity contribution >= 4 is 11.9 Å². The standard InChI is InChI=1S/C31H61NO6/c1-3-4-5-6-7-8-9-11-14-17-20-23-31(35)38-30(26-33)27-37-28-36-25-22-19-16-13-10-12-15-18-21-24-32-29(2)34/h30,33H,3-28H2,1-2H3,(H,32,34)/t30-/m1/s1. The molecule has 0 rings (SSSR count). The summed E-state index contributed by atoms with van der Waals surface area (Å²) in [6, 6.07) is 0. The van der Waals surface area contributed by atoms with Gasteiger partial charge in [0.05, 0.1) is 13.2 Å². The summed E-state index contributed by atoms with van der Waals surface area (Å²) < 4.78 is 16.3. The Labute approximate surface area is 234 Å². The summed E-state index contributed by atoms with van der Waals surface area (Å²) in [7, 11) is 0. The third-order valence-electron chi connectivity index (χ3n) is 6.80. The van der Waals surface area contributed by atoms with Crippen molar-refractivity contribution in [2.45, 2.75) is 155 Å². The first kappa shape index (κ1) is 36.8. The highest BCUT2D eigenvalue weighted by atomic mass is 16.7. The van der Waals surface area contributed by atoms with Crippen molar-refractivity contribution in [3.63, 3.8) is 0 Å². The minimum absolute atomic E-state index is 0.0561. The highest BCUT2D eigenvalue weighted by molar-refractivity contribution is 5.72. The van der Waals surface area contributed by atoms with Crippen LogP contribution < -0.4 is 5.32 Å². The fourth-order valence-corrected chi connectivity index (χ4v) is 4.43.